The third kappa shape index (κ3) is 6.74. The van der Waals surface area contributed by atoms with Crippen molar-refractivity contribution in [3.8, 4) is 5.75 Å². The lowest BCUT2D eigenvalue weighted by atomic mass is 10.3. The van der Waals surface area contributed by atoms with Crippen LogP contribution in [0.4, 0.5) is 0 Å². The van der Waals surface area contributed by atoms with E-state index >= 15 is 0 Å². The van der Waals surface area contributed by atoms with Crippen LogP contribution in [-0.2, 0) is 10.0 Å². The van der Waals surface area contributed by atoms with Crippen LogP contribution in [0.2, 0.25) is 0 Å². The maximum absolute atomic E-state index is 12.3. The summed E-state index contributed by atoms with van der Waals surface area (Å²) in [6.45, 7) is 4.91. The predicted octanol–water partition coefficient (Wildman–Crippen LogP) is 1.48. The summed E-state index contributed by atoms with van der Waals surface area (Å²) in [5, 5.41) is 3.27. The summed E-state index contributed by atoms with van der Waals surface area (Å²) in [4.78, 5) is 2.43. The minimum Gasteiger partial charge on any atom is -0.497 e. The van der Waals surface area contributed by atoms with E-state index in [-0.39, 0.29) is 29.7 Å². The van der Waals surface area contributed by atoms with Crippen molar-refractivity contribution in [2.75, 3.05) is 46.4 Å². The van der Waals surface area contributed by atoms with Crippen LogP contribution in [0.1, 0.15) is 0 Å². The second-order valence-corrected chi connectivity index (χ2v) is 7.38. The molecular weight excluding hydrogens is 429 g/mol. The first-order valence-corrected chi connectivity index (χ1v) is 9.07. The van der Waals surface area contributed by atoms with Crippen LogP contribution in [0.25, 0.3) is 0 Å². The second-order valence-electron chi connectivity index (χ2n) is 4.79. The lowest BCUT2D eigenvalue weighted by Crippen LogP contribution is -2.46. The van der Waals surface area contributed by atoms with E-state index in [9.17, 15) is 8.42 Å². The molecule has 0 aromatic heterocycles. The molecule has 0 unspecified atom stereocenters. The van der Waals surface area contributed by atoms with Gasteiger partial charge >= 0.3 is 0 Å². The molecule has 0 amide bonds. The standard InChI is InChI=1S/C13H20BrN3O3S.2ClH/c1-20-11-2-3-12(14)13(10-11)21(18,19)16-6-9-17-7-4-15-5-8-17;;/h2-3,10,15-16H,4-9H2,1H3;2*1H. The third-order valence-electron chi connectivity index (χ3n) is 3.36. The number of halogens is 3. The Bertz CT molecular complexity index is 584. The van der Waals surface area contributed by atoms with E-state index < -0.39 is 10.0 Å². The number of benzene rings is 1. The van der Waals surface area contributed by atoms with E-state index in [0.717, 1.165) is 26.2 Å². The van der Waals surface area contributed by atoms with Crippen molar-refractivity contribution in [2.45, 2.75) is 4.90 Å². The first kappa shape index (κ1) is 22.9. The number of ether oxygens (including phenoxy) is 1. The third-order valence-corrected chi connectivity index (χ3v) is 5.81. The Kier molecular flexibility index (Phi) is 10.7. The Hall–Kier alpha value is -0.0900. The van der Waals surface area contributed by atoms with Gasteiger partial charge in [-0.15, -0.1) is 24.8 Å². The van der Waals surface area contributed by atoms with E-state index in [4.69, 9.17) is 4.74 Å². The number of hydrogen-bond acceptors (Lipinski definition) is 5. The molecule has 1 aliphatic rings. The zero-order valence-corrected chi connectivity index (χ0v) is 16.8. The van der Waals surface area contributed by atoms with Gasteiger partial charge in [-0.2, -0.15) is 0 Å². The quantitative estimate of drug-likeness (QED) is 0.686. The summed E-state index contributed by atoms with van der Waals surface area (Å²) in [6, 6.07) is 4.89. The summed E-state index contributed by atoms with van der Waals surface area (Å²) in [6.07, 6.45) is 0. The van der Waals surface area contributed by atoms with Crippen LogP contribution in [0, 0.1) is 0 Å². The molecule has 0 saturated carbocycles. The topological polar surface area (TPSA) is 70.7 Å². The molecule has 1 aromatic carbocycles. The number of hydrogen-bond donors (Lipinski definition) is 2. The monoisotopic (exact) mass is 449 g/mol. The van der Waals surface area contributed by atoms with Gasteiger partial charge in [-0.05, 0) is 28.1 Å². The van der Waals surface area contributed by atoms with Gasteiger partial charge < -0.3 is 10.1 Å². The molecule has 134 valence electrons. The van der Waals surface area contributed by atoms with Crippen molar-refractivity contribution < 1.29 is 13.2 Å². The number of sulfonamides is 1. The Balaban J connectivity index is 0.00000242. The van der Waals surface area contributed by atoms with Crippen molar-refractivity contribution in [1.29, 1.82) is 0 Å². The minimum absolute atomic E-state index is 0. The van der Waals surface area contributed by atoms with Crippen LogP contribution in [0.3, 0.4) is 0 Å². The highest BCUT2D eigenvalue weighted by molar-refractivity contribution is 9.10. The predicted molar refractivity (Wildman–Crippen MR) is 99.7 cm³/mol. The number of nitrogens with one attached hydrogen (secondary N) is 2. The highest BCUT2D eigenvalue weighted by Crippen LogP contribution is 2.26. The molecule has 10 heteroatoms. The zero-order chi connectivity index (χ0) is 15.3. The molecule has 0 atom stereocenters. The first-order chi connectivity index (χ1) is 10.0. The van der Waals surface area contributed by atoms with Gasteiger partial charge in [-0.25, -0.2) is 13.1 Å². The SMILES string of the molecule is COc1ccc(Br)c(S(=O)(=O)NCCN2CCNCC2)c1.Cl.Cl. The maximum atomic E-state index is 12.3. The average Bonchev–Trinajstić information content (AvgIpc) is 2.48. The highest BCUT2D eigenvalue weighted by atomic mass is 79.9. The number of rotatable bonds is 6. The normalized spacial score (nSPS) is 15.4. The summed E-state index contributed by atoms with van der Waals surface area (Å²) in [5.41, 5.74) is 0. The van der Waals surface area contributed by atoms with Crippen molar-refractivity contribution in [1.82, 2.24) is 14.9 Å². The van der Waals surface area contributed by atoms with Crippen molar-refractivity contribution >= 4 is 50.8 Å². The Morgan fingerprint density at radius 3 is 2.57 bits per heavy atom. The van der Waals surface area contributed by atoms with E-state index in [2.05, 4.69) is 30.9 Å². The number of methoxy groups -OCH3 is 1. The largest absolute Gasteiger partial charge is 0.497 e. The number of piperazine rings is 1. The molecule has 1 fully saturated rings. The van der Waals surface area contributed by atoms with Crippen LogP contribution in [0.5, 0.6) is 5.75 Å². The van der Waals surface area contributed by atoms with Crippen molar-refractivity contribution in [3.05, 3.63) is 22.7 Å². The van der Waals surface area contributed by atoms with E-state index in [1.54, 1.807) is 12.1 Å². The first-order valence-electron chi connectivity index (χ1n) is 6.79. The summed E-state index contributed by atoms with van der Waals surface area (Å²) in [5.74, 6) is 0.515. The fourth-order valence-corrected chi connectivity index (χ4v) is 4.16. The molecule has 1 aliphatic heterocycles. The van der Waals surface area contributed by atoms with Gasteiger partial charge in [-0.3, -0.25) is 4.90 Å². The van der Waals surface area contributed by atoms with Gasteiger partial charge in [0.1, 0.15) is 5.75 Å². The van der Waals surface area contributed by atoms with Gasteiger partial charge in [0.15, 0.2) is 0 Å². The van der Waals surface area contributed by atoms with E-state index in [0.29, 0.717) is 23.3 Å². The summed E-state index contributed by atoms with van der Waals surface area (Å²) >= 11 is 3.27. The Labute approximate surface area is 158 Å². The van der Waals surface area contributed by atoms with Crippen molar-refractivity contribution in [2.24, 2.45) is 0 Å². The molecule has 6 nitrogen and oxygen atoms in total. The molecular formula is C13H22BrCl2N3O3S. The average molecular weight is 451 g/mol. The second kappa shape index (κ2) is 10.7. The molecule has 0 aliphatic carbocycles. The summed E-state index contributed by atoms with van der Waals surface area (Å²) in [7, 11) is -2.03. The highest BCUT2D eigenvalue weighted by Gasteiger charge is 2.19. The smallest absolute Gasteiger partial charge is 0.241 e. The van der Waals surface area contributed by atoms with Gasteiger partial charge in [0.25, 0.3) is 0 Å². The Morgan fingerprint density at radius 2 is 1.96 bits per heavy atom. The molecule has 0 spiro atoms. The molecule has 1 aromatic rings. The molecule has 2 rings (SSSR count). The van der Waals surface area contributed by atoms with Crippen LogP contribution in [0.15, 0.2) is 27.6 Å². The maximum Gasteiger partial charge on any atom is 0.241 e. The lowest BCUT2D eigenvalue weighted by molar-refractivity contribution is 0.245. The molecule has 0 bridgehead atoms. The van der Waals surface area contributed by atoms with Gasteiger partial charge in [0.2, 0.25) is 10.0 Å². The van der Waals surface area contributed by atoms with E-state index in [1.807, 2.05) is 0 Å². The number of nitrogens with zero attached hydrogens (tertiary/aromatic N) is 1. The Morgan fingerprint density at radius 1 is 1.30 bits per heavy atom. The fourth-order valence-electron chi connectivity index (χ4n) is 2.17. The lowest BCUT2D eigenvalue weighted by Gasteiger charge is -2.27. The molecule has 1 saturated heterocycles. The van der Waals surface area contributed by atoms with E-state index in [1.165, 1.54) is 13.2 Å². The fraction of sp³-hybridized carbons (Fsp3) is 0.538. The van der Waals surface area contributed by atoms with Crippen molar-refractivity contribution in [3.63, 3.8) is 0 Å². The summed E-state index contributed by atoms with van der Waals surface area (Å²) < 4.78 is 32.9. The minimum atomic E-state index is -3.54. The van der Waals surface area contributed by atoms with Gasteiger partial charge in [0, 0.05) is 49.8 Å². The van der Waals surface area contributed by atoms with Gasteiger partial charge in [-0.1, -0.05) is 0 Å². The molecule has 1 heterocycles. The zero-order valence-electron chi connectivity index (χ0n) is 12.7. The van der Waals surface area contributed by atoms with Crippen LogP contribution < -0.4 is 14.8 Å². The molecule has 2 N–H and O–H groups in total. The molecule has 0 radical (unpaired) electrons. The van der Waals surface area contributed by atoms with Crippen LogP contribution >= 0.6 is 40.7 Å². The molecule has 23 heavy (non-hydrogen) atoms. The van der Waals surface area contributed by atoms with Gasteiger partial charge in [0.05, 0.1) is 12.0 Å². The van der Waals surface area contributed by atoms with Crippen LogP contribution in [-0.4, -0.2) is 59.7 Å².